The lowest BCUT2D eigenvalue weighted by atomic mass is 10.0. The van der Waals surface area contributed by atoms with Gasteiger partial charge in [0.05, 0.1) is 0 Å². The molecule has 0 amide bonds. The zero-order chi connectivity index (χ0) is 16.1. The van der Waals surface area contributed by atoms with Crippen LogP contribution in [0.5, 0.6) is 0 Å². The first-order valence-corrected chi connectivity index (χ1v) is 9.63. The van der Waals surface area contributed by atoms with Crippen molar-refractivity contribution in [1.82, 2.24) is 10.0 Å². The van der Waals surface area contributed by atoms with Gasteiger partial charge in [0.15, 0.2) is 0 Å². The van der Waals surface area contributed by atoms with Gasteiger partial charge in [0, 0.05) is 23.5 Å². The number of rotatable bonds is 6. The number of hydrogen-bond donors (Lipinski definition) is 2. The van der Waals surface area contributed by atoms with Crippen molar-refractivity contribution in [3.05, 3.63) is 17.0 Å². The highest BCUT2D eigenvalue weighted by Crippen LogP contribution is 2.63. The average Bonchev–Trinajstić information content (AvgIpc) is 2.77. The molecule has 0 aromatic carbocycles. The molecule has 1 saturated carbocycles. The molecule has 1 aromatic heterocycles. The first kappa shape index (κ1) is 16.9. The van der Waals surface area contributed by atoms with E-state index in [0.717, 1.165) is 4.88 Å². The SMILES string of the molecule is CC(C)NCc1ccc(S(=O)(=O)NC2C(C)(C)C2(C)C)s1. The van der Waals surface area contributed by atoms with Gasteiger partial charge in [-0.2, -0.15) is 0 Å². The van der Waals surface area contributed by atoms with Crippen LogP contribution >= 0.6 is 11.3 Å². The van der Waals surface area contributed by atoms with Gasteiger partial charge in [-0.1, -0.05) is 41.5 Å². The molecule has 2 N–H and O–H groups in total. The van der Waals surface area contributed by atoms with Gasteiger partial charge in [-0.05, 0) is 23.0 Å². The summed E-state index contributed by atoms with van der Waals surface area (Å²) in [6.07, 6.45) is 0. The van der Waals surface area contributed by atoms with Crippen molar-refractivity contribution in [3.8, 4) is 0 Å². The van der Waals surface area contributed by atoms with Crippen LogP contribution in [0.3, 0.4) is 0 Å². The summed E-state index contributed by atoms with van der Waals surface area (Å²) in [4.78, 5) is 1.04. The monoisotopic (exact) mass is 330 g/mol. The second-order valence-electron chi connectivity index (χ2n) is 7.25. The topological polar surface area (TPSA) is 58.2 Å². The molecule has 0 atom stereocenters. The Morgan fingerprint density at radius 1 is 1.19 bits per heavy atom. The molecule has 1 aliphatic carbocycles. The number of nitrogens with one attached hydrogen (secondary N) is 2. The van der Waals surface area contributed by atoms with E-state index in [1.807, 2.05) is 6.07 Å². The lowest BCUT2D eigenvalue weighted by molar-refractivity contribution is 0.457. The Balaban J connectivity index is 2.08. The molecule has 120 valence electrons. The fraction of sp³-hybridized carbons (Fsp3) is 0.733. The highest BCUT2D eigenvalue weighted by Gasteiger charge is 2.66. The molecule has 1 aromatic rings. The van der Waals surface area contributed by atoms with Crippen LogP contribution < -0.4 is 10.0 Å². The Morgan fingerprint density at radius 2 is 1.76 bits per heavy atom. The summed E-state index contributed by atoms with van der Waals surface area (Å²) in [5.41, 5.74) is -0.00127. The third kappa shape index (κ3) is 3.18. The zero-order valence-corrected chi connectivity index (χ0v) is 15.3. The van der Waals surface area contributed by atoms with Crippen LogP contribution in [0.15, 0.2) is 16.3 Å². The van der Waals surface area contributed by atoms with E-state index >= 15 is 0 Å². The third-order valence-corrected chi connectivity index (χ3v) is 7.88. The predicted octanol–water partition coefficient (Wildman–Crippen LogP) is 2.96. The maximum Gasteiger partial charge on any atom is 0.250 e. The Bertz CT molecular complexity index is 601. The lowest BCUT2D eigenvalue weighted by Crippen LogP contribution is -2.29. The van der Waals surface area contributed by atoms with Crippen molar-refractivity contribution in [3.63, 3.8) is 0 Å². The minimum Gasteiger partial charge on any atom is -0.310 e. The predicted molar refractivity (Wildman–Crippen MR) is 88.0 cm³/mol. The van der Waals surface area contributed by atoms with Crippen molar-refractivity contribution in [2.24, 2.45) is 10.8 Å². The van der Waals surface area contributed by atoms with Gasteiger partial charge < -0.3 is 5.32 Å². The van der Waals surface area contributed by atoms with E-state index in [2.05, 4.69) is 51.6 Å². The standard InChI is InChI=1S/C15H26N2O2S2/c1-10(2)16-9-11-7-8-12(20-11)21(18,19)17-13-14(3,4)15(13,5)6/h7-8,10,13,16-17H,9H2,1-6H3. The molecule has 0 aliphatic heterocycles. The number of thiophene rings is 1. The summed E-state index contributed by atoms with van der Waals surface area (Å²) in [5, 5.41) is 3.30. The van der Waals surface area contributed by atoms with Crippen LogP contribution in [0.25, 0.3) is 0 Å². The van der Waals surface area contributed by atoms with Gasteiger partial charge in [0.2, 0.25) is 10.0 Å². The van der Waals surface area contributed by atoms with Gasteiger partial charge in [0.25, 0.3) is 0 Å². The Hall–Kier alpha value is -0.430. The highest BCUT2D eigenvalue weighted by molar-refractivity contribution is 7.91. The van der Waals surface area contributed by atoms with Gasteiger partial charge >= 0.3 is 0 Å². The van der Waals surface area contributed by atoms with Crippen LogP contribution in [0.1, 0.15) is 46.4 Å². The minimum atomic E-state index is -3.42. The molecule has 2 rings (SSSR count). The molecule has 0 bridgehead atoms. The number of sulfonamides is 1. The molecule has 0 unspecified atom stereocenters. The zero-order valence-electron chi connectivity index (χ0n) is 13.6. The molecule has 6 heteroatoms. The summed E-state index contributed by atoms with van der Waals surface area (Å²) < 4.78 is 28.2. The maximum atomic E-state index is 12.5. The van der Waals surface area contributed by atoms with E-state index < -0.39 is 10.0 Å². The smallest absolute Gasteiger partial charge is 0.250 e. The fourth-order valence-corrected chi connectivity index (χ4v) is 5.46. The van der Waals surface area contributed by atoms with Crippen LogP contribution in [0, 0.1) is 10.8 Å². The van der Waals surface area contributed by atoms with E-state index in [1.54, 1.807) is 6.07 Å². The molecular weight excluding hydrogens is 304 g/mol. The third-order valence-electron chi connectivity index (χ3n) is 4.88. The van der Waals surface area contributed by atoms with Gasteiger partial charge in [0.1, 0.15) is 4.21 Å². The van der Waals surface area contributed by atoms with Crippen molar-refractivity contribution in [2.75, 3.05) is 0 Å². The summed E-state index contributed by atoms with van der Waals surface area (Å²) in [5.74, 6) is 0. The summed E-state index contributed by atoms with van der Waals surface area (Å²) in [6.45, 7) is 13.3. The Morgan fingerprint density at radius 3 is 2.24 bits per heavy atom. The van der Waals surface area contributed by atoms with Crippen LogP contribution in [0.4, 0.5) is 0 Å². The van der Waals surface area contributed by atoms with Crippen molar-refractivity contribution < 1.29 is 8.42 Å². The Labute approximate surface area is 132 Å². The van der Waals surface area contributed by atoms with Gasteiger partial charge in [-0.3, -0.25) is 0 Å². The largest absolute Gasteiger partial charge is 0.310 e. The molecule has 21 heavy (non-hydrogen) atoms. The van der Waals surface area contributed by atoms with E-state index in [0.29, 0.717) is 16.8 Å². The quantitative estimate of drug-likeness (QED) is 0.843. The highest BCUT2D eigenvalue weighted by atomic mass is 32.2. The second-order valence-corrected chi connectivity index (χ2v) is 10.4. The molecular formula is C15H26N2O2S2. The molecule has 1 fully saturated rings. The van der Waals surface area contributed by atoms with Gasteiger partial charge in [-0.25, -0.2) is 13.1 Å². The molecule has 1 heterocycles. The van der Waals surface area contributed by atoms with Crippen LogP contribution in [0.2, 0.25) is 0 Å². The second kappa shape index (κ2) is 5.33. The summed E-state index contributed by atoms with van der Waals surface area (Å²) in [7, 11) is -3.42. The molecule has 0 radical (unpaired) electrons. The fourth-order valence-electron chi connectivity index (χ4n) is 2.61. The normalized spacial score (nSPS) is 20.9. The molecule has 1 aliphatic rings. The Kier molecular flexibility index (Phi) is 4.30. The van der Waals surface area contributed by atoms with Gasteiger partial charge in [-0.15, -0.1) is 11.3 Å². The summed E-state index contributed by atoms with van der Waals surface area (Å²) in [6, 6.07) is 3.97. The van der Waals surface area contributed by atoms with E-state index in [-0.39, 0.29) is 16.9 Å². The molecule has 0 spiro atoms. The number of hydrogen-bond acceptors (Lipinski definition) is 4. The maximum absolute atomic E-state index is 12.5. The molecule has 0 saturated heterocycles. The lowest BCUT2D eigenvalue weighted by Gasteiger charge is -2.07. The first-order valence-electron chi connectivity index (χ1n) is 7.33. The average molecular weight is 331 g/mol. The van der Waals surface area contributed by atoms with Crippen LogP contribution in [-0.2, 0) is 16.6 Å². The van der Waals surface area contributed by atoms with Crippen molar-refractivity contribution in [1.29, 1.82) is 0 Å². The van der Waals surface area contributed by atoms with E-state index in [4.69, 9.17) is 0 Å². The molecule has 4 nitrogen and oxygen atoms in total. The van der Waals surface area contributed by atoms with E-state index in [9.17, 15) is 8.42 Å². The minimum absolute atomic E-state index is 0.000637. The van der Waals surface area contributed by atoms with Crippen molar-refractivity contribution >= 4 is 21.4 Å². The van der Waals surface area contributed by atoms with E-state index in [1.165, 1.54) is 11.3 Å². The first-order chi connectivity index (χ1) is 9.48. The van der Waals surface area contributed by atoms with Crippen LogP contribution in [-0.4, -0.2) is 20.5 Å². The summed E-state index contributed by atoms with van der Waals surface area (Å²) >= 11 is 1.34. The van der Waals surface area contributed by atoms with Crippen molar-refractivity contribution in [2.45, 2.75) is 64.4 Å².